The Kier molecular flexibility index (Phi) is 2.51. The van der Waals surface area contributed by atoms with Crippen LogP contribution >= 0.6 is 11.6 Å². The van der Waals surface area contributed by atoms with Gasteiger partial charge < -0.3 is 10.5 Å². The third kappa shape index (κ3) is 1.89. The molecule has 0 saturated heterocycles. The summed E-state index contributed by atoms with van der Waals surface area (Å²) in [6.07, 6.45) is 1.65. The highest BCUT2D eigenvalue weighted by atomic mass is 35.5. The van der Waals surface area contributed by atoms with Gasteiger partial charge in [0.05, 0.1) is 13.3 Å². The summed E-state index contributed by atoms with van der Waals surface area (Å²) in [4.78, 5) is 0. The zero-order valence-corrected chi connectivity index (χ0v) is 8.88. The summed E-state index contributed by atoms with van der Waals surface area (Å²) in [6.45, 7) is 0. The van der Waals surface area contributed by atoms with Crippen molar-refractivity contribution in [3.8, 4) is 16.9 Å². The summed E-state index contributed by atoms with van der Waals surface area (Å²) >= 11 is 5.95. The van der Waals surface area contributed by atoms with Crippen molar-refractivity contribution in [2.75, 3.05) is 12.8 Å². The first-order valence-electron chi connectivity index (χ1n) is 4.34. The molecule has 0 unspecified atom stereocenters. The number of nitrogens with zero attached hydrogens (tertiary/aromatic N) is 1. The van der Waals surface area contributed by atoms with Crippen LogP contribution in [0.1, 0.15) is 0 Å². The number of nitrogen functional groups attached to an aromatic ring is 1. The van der Waals surface area contributed by atoms with Crippen molar-refractivity contribution in [2.24, 2.45) is 0 Å². The molecule has 2 rings (SSSR count). The minimum atomic E-state index is 0.513. The smallest absolute Gasteiger partial charge is 0.126 e. The standard InChI is InChI=1S/C10H10ClN3O/c1-15-8-3-6(2-7(11)4-8)9-5-13-14-10(9)12/h2-5H,1H3,(H3,12,13,14). The minimum absolute atomic E-state index is 0.513. The quantitative estimate of drug-likeness (QED) is 0.821. The van der Waals surface area contributed by atoms with Crippen LogP contribution in [-0.2, 0) is 0 Å². The zero-order valence-electron chi connectivity index (χ0n) is 8.12. The van der Waals surface area contributed by atoms with Gasteiger partial charge in [0.1, 0.15) is 11.6 Å². The van der Waals surface area contributed by atoms with Crippen LogP contribution in [0, 0.1) is 0 Å². The van der Waals surface area contributed by atoms with Gasteiger partial charge in [0, 0.05) is 10.6 Å². The van der Waals surface area contributed by atoms with Crippen LogP contribution in [0.25, 0.3) is 11.1 Å². The van der Waals surface area contributed by atoms with Gasteiger partial charge in [-0.15, -0.1) is 0 Å². The van der Waals surface area contributed by atoms with Crippen molar-refractivity contribution in [1.29, 1.82) is 0 Å². The molecule has 5 heteroatoms. The second-order valence-electron chi connectivity index (χ2n) is 3.08. The number of nitrogens with two attached hydrogens (primary N) is 1. The van der Waals surface area contributed by atoms with Gasteiger partial charge in [-0.2, -0.15) is 5.10 Å². The maximum absolute atomic E-state index is 5.95. The van der Waals surface area contributed by atoms with Gasteiger partial charge in [0.15, 0.2) is 0 Å². The number of aromatic amines is 1. The third-order valence-corrected chi connectivity index (χ3v) is 2.31. The van der Waals surface area contributed by atoms with Crippen molar-refractivity contribution >= 4 is 17.4 Å². The second-order valence-corrected chi connectivity index (χ2v) is 3.51. The van der Waals surface area contributed by atoms with E-state index in [1.54, 1.807) is 19.4 Å². The molecule has 0 aliphatic carbocycles. The van der Waals surface area contributed by atoms with Crippen LogP contribution in [0.3, 0.4) is 0 Å². The molecule has 3 N–H and O–H groups in total. The van der Waals surface area contributed by atoms with Gasteiger partial charge in [0.2, 0.25) is 0 Å². The van der Waals surface area contributed by atoms with Crippen LogP contribution in [-0.4, -0.2) is 17.3 Å². The number of ether oxygens (including phenoxy) is 1. The fourth-order valence-electron chi connectivity index (χ4n) is 1.36. The Balaban J connectivity index is 2.53. The van der Waals surface area contributed by atoms with Crippen LogP contribution in [0.15, 0.2) is 24.4 Å². The molecule has 0 bridgehead atoms. The first-order chi connectivity index (χ1) is 7.20. The van der Waals surface area contributed by atoms with E-state index in [2.05, 4.69) is 10.2 Å². The monoisotopic (exact) mass is 223 g/mol. The first kappa shape index (κ1) is 9.86. The van der Waals surface area contributed by atoms with Gasteiger partial charge in [-0.25, -0.2) is 0 Å². The molecule has 0 saturated carbocycles. The molecule has 15 heavy (non-hydrogen) atoms. The molecule has 0 aliphatic rings. The van der Waals surface area contributed by atoms with E-state index in [-0.39, 0.29) is 0 Å². The van der Waals surface area contributed by atoms with Gasteiger partial charge in [-0.1, -0.05) is 11.6 Å². The van der Waals surface area contributed by atoms with Gasteiger partial charge in [0.25, 0.3) is 0 Å². The minimum Gasteiger partial charge on any atom is -0.497 e. The van der Waals surface area contributed by atoms with Gasteiger partial charge in [-0.3, -0.25) is 5.10 Å². The molecule has 4 nitrogen and oxygen atoms in total. The Morgan fingerprint density at radius 1 is 1.40 bits per heavy atom. The number of hydrogen-bond donors (Lipinski definition) is 2. The molecule has 0 fully saturated rings. The highest BCUT2D eigenvalue weighted by Gasteiger charge is 2.07. The van der Waals surface area contributed by atoms with E-state index in [0.29, 0.717) is 16.6 Å². The van der Waals surface area contributed by atoms with Crippen LogP contribution in [0.5, 0.6) is 5.75 Å². The Morgan fingerprint density at radius 3 is 2.80 bits per heavy atom. The number of nitrogens with one attached hydrogen (secondary N) is 1. The summed E-state index contributed by atoms with van der Waals surface area (Å²) in [5, 5.41) is 7.12. The molecular weight excluding hydrogens is 214 g/mol. The molecule has 1 heterocycles. The summed E-state index contributed by atoms with van der Waals surface area (Å²) in [5.41, 5.74) is 7.41. The molecule has 0 amide bonds. The van der Waals surface area contributed by atoms with Crippen molar-refractivity contribution in [2.45, 2.75) is 0 Å². The lowest BCUT2D eigenvalue weighted by molar-refractivity contribution is 0.415. The van der Waals surface area contributed by atoms with Gasteiger partial charge in [-0.05, 0) is 23.8 Å². The molecule has 0 spiro atoms. The largest absolute Gasteiger partial charge is 0.497 e. The molecule has 78 valence electrons. The number of benzene rings is 1. The third-order valence-electron chi connectivity index (χ3n) is 2.09. The van der Waals surface area contributed by atoms with E-state index >= 15 is 0 Å². The lowest BCUT2D eigenvalue weighted by Crippen LogP contribution is -1.89. The van der Waals surface area contributed by atoms with Crippen molar-refractivity contribution in [1.82, 2.24) is 10.2 Å². The van der Waals surface area contributed by atoms with E-state index in [4.69, 9.17) is 22.1 Å². The van der Waals surface area contributed by atoms with E-state index in [1.807, 2.05) is 12.1 Å². The molecule has 0 atom stereocenters. The second kappa shape index (κ2) is 3.82. The summed E-state index contributed by atoms with van der Waals surface area (Å²) < 4.78 is 5.12. The molecule has 1 aromatic carbocycles. The number of aromatic nitrogens is 2. The summed E-state index contributed by atoms with van der Waals surface area (Å²) in [7, 11) is 1.59. The molecule has 0 radical (unpaired) electrons. The number of halogens is 1. The Morgan fingerprint density at radius 2 is 2.20 bits per heavy atom. The topological polar surface area (TPSA) is 63.9 Å². The fourth-order valence-corrected chi connectivity index (χ4v) is 1.59. The first-order valence-corrected chi connectivity index (χ1v) is 4.72. The zero-order chi connectivity index (χ0) is 10.8. The van der Waals surface area contributed by atoms with Crippen molar-refractivity contribution < 1.29 is 4.74 Å². The number of rotatable bonds is 2. The fraction of sp³-hybridized carbons (Fsp3) is 0.100. The Bertz CT molecular complexity index is 481. The number of anilines is 1. The maximum atomic E-state index is 5.95. The van der Waals surface area contributed by atoms with Crippen LogP contribution < -0.4 is 10.5 Å². The lowest BCUT2D eigenvalue weighted by Gasteiger charge is -2.04. The normalized spacial score (nSPS) is 10.3. The highest BCUT2D eigenvalue weighted by molar-refractivity contribution is 6.31. The van der Waals surface area contributed by atoms with Crippen molar-refractivity contribution in [3.63, 3.8) is 0 Å². The average molecular weight is 224 g/mol. The number of hydrogen-bond acceptors (Lipinski definition) is 3. The molecule has 2 aromatic rings. The van der Waals surface area contributed by atoms with Crippen LogP contribution in [0.2, 0.25) is 5.02 Å². The van der Waals surface area contributed by atoms with E-state index in [1.165, 1.54) is 0 Å². The average Bonchev–Trinajstić information content (AvgIpc) is 2.63. The summed E-state index contributed by atoms with van der Waals surface area (Å²) in [6, 6.07) is 5.40. The Labute approximate surface area is 92.0 Å². The predicted octanol–water partition coefficient (Wildman–Crippen LogP) is 2.32. The summed E-state index contributed by atoms with van der Waals surface area (Å²) in [5.74, 6) is 1.21. The number of methoxy groups -OCH3 is 1. The van der Waals surface area contributed by atoms with E-state index < -0.39 is 0 Å². The van der Waals surface area contributed by atoms with Crippen LogP contribution in [0.4, 0.5) is 5.82 Å². The SMILES string of the molecule is COc1cc(Cl)cc(-c2cn[nH]c2N)c1. The lowest BCUT2D eigenvalue weighted by atomic mass is 10.1. The molecule has 1 aromatic heterocycles. The highest BCUT2D eigenvalue weighted by Crippen LogP contribution is 2.30. The molecular formula is C10H10ClN3O. The maximum Gasteiger partial charge on any atom is 0.126 e. The number of H-pyrrole nitrogens is 1. The van der Waals surface area contributed by atoms with E-state index in [9.17, 15) is 0 Å². The Hall–Kier alpha value is -1.68. The van der Waals surface area contributed by atoms with E-state index in [0.717, 1.165) is 11.1 Å². The van der Waals surface area contributed by atoms with Gasteiger partial charge >= 0.3 is 0 Å². The van der Waals surface area contributed by atoms with Crippen molar-refractivity contribution in [3.05, 3.63) is 29.4 Å². The predicted molar refractivity (Wildman–Crippen MR) is 60.0 cm³/mol. The molecule has 0 aliphatic heterocycles.